The Kier molecular flexibility index (Phi) is 3.88. The highest BCUT2D eigenvalue weighted by Gasteiger charge is 2.18. The molecule has 0 saturated carbocycles. The molecule has 1 aromatic heterocycles. The summed E-state index contributed by atoms with van der Waals surface area (Å²) in [6, 6.07) is 11.5. The summed E-state index contributed by atoms with van der Waals surface area (Å²) in [4.78, 5) is 11.1. The first-order chi connectivity index (χ1) is 11.0. The van der Waals surface area contributed by atoms with E-state index < -0.39 is 5.97 Å². The summed E-state index contributed by atoms with van der Waals surface area (Å²) in [6.45, 7) is 0.431. The smallest absolute Gasteiger partial charge is 0.307 e. The molecule has 0 aliphatic rings. The molecule has 3 N–H and O–H groups in total. The van der Waals surface area contributed by atoms with Gasteiger partial charge in [0.25, 0.3) is 0 Å². The Morgan fingerprint density at radius 3 is 2.35 bits per heavy atom. The monoisotopic (exact) mass is 331 g/mol. The van der Waals surface area contributed by atoms with Crippen molar-refractivity contribution in [2.24, 2.45) is 0 Å². The lowest BCUT2D eigenvalue weighted by Gasteiger charge is -2.08. The van der Waals surface area contributed by atoms with Gasteiger partial charge in [0, 0.05) is 17.5 Å². The molecule has 23 heavy (non-hydrogen) atoms. The van der Waals surface area contributed by atoms with Crippen LogP contribution in [0.4, 0.5) is 0 Å². The van der Waals surface area contributed by atoms with Crippen molar-refractivity contribution in [1.29, 1.82) is 0 Å². The Hall–Kier alpha value is -2.66. The maximum atomic E-state index is 11.1. The van der Waals surface area contributed by atoms with Gasteiger partial charge in [0.15, 0.2) is 0 Å². The van der Waals surface area contributed by atoms with Gasteiger partial charge < -0.3 is 19.9 Å². The van der Waals surface area contributed by atoms with Crippen LogP contribution < -0.4 is 0 Å². The van der Waals surface area contributed by atoms with Gasteiger partial charge in [-0.2, -0.15) is 0 Å². The zero-order chi connectivity index (χ0) is 16.6. The first-order valence-corrected chi connectivity index (χ1v) is 7.33. The third-order valence-corrected chi connectivity index (χ3v) is 4.12. The van der Waals surface area contributed by atoms with Gasteiger partial charge in [0.1, 0.15) is 16.7 Å². The van der Waals surface area contributed by atoms with Gasteiger partial charge in [-0.05, 0) is 35.9 Å². The van der Waals surface area contributed by atoms with Crippen molar-refractivity contribution >= 4 is 28.5 Å². The highest BCUT2D eigenvalue weighted by molar-refractivity contribution is 6.32. The molecule has 118 valence electrons. The molecular weight excluding hydrogens is 318 g/mol. The lowest BCUT2D eigenvalue weighted by atomic mass is 10.1. The molecule has 0 aliphatic carbocycles. The quantitative estimate of drug-likeness (QED) is 0.684. The van der Waals surface area contributed by atoms with Gasteiger partial charge in [-0.3, -0.25) is 4.79 Å². The highest BCUT2D eigenvalue weighted by atomic mass is 35.5. The summed E-state index contributed by atoms with van der Waals surface area (Å²) in [7, 11) is 0. The predicted molar refractivity (Wildman–Crippen MR) is 87.2 cm³/mol. The van der Waals surface area contributed by atoms with E-state index in [4.69, 9.17) is 16.7 Å². The predicted octanol–water partition coefficient (Wildman–Crippen LogP) is 3.38. The molecule has 0 radical (unpaired) electrons. The molecule has 0 bridgehead atoms. The van der Waals surface area contributed by atoms with E-state index in [1.165, 1.54) is 12.1 Å². The molecule has 5 nitrogen and oxygen atoms in total. The van der Waals surface area contributed by atoms with Crippen molar-refractivity contribution in [3.05, 3.63) is 58.7 Å². The van der Waals surface area contributed by atoms with Crippen molar-refractivity contribution in [1.82, 2.24) is 4.57 Å². The Morgan fingerprint density at radius 1 is 1.04 bits per heavy atom. The number of aromatic hydroxyl groups is 2. The molecule has 0 spiro atoms. The molecule has 0 unspecified atom stereocenters. The lowest BCUT2D eigenvalue weighted by molar-refractivity contribution is -0.136. The number of phenolic OH excluding ortho intramolecular Hbond substituents is 2. The van der Waals surface area contributed by atoms with E-state index in [9.17, 15) is 15.0 Å². The largest absolute Gasteiger partial charge is 0.508 e. The fraction of sp³-hybridized carbons (Fsp3) is 0.118. The van der Waals surface area contributed by atoms with E-state index in [-0.39, 0.29) is 17.9 Å². The Morgan fingerprint density at radius 2 is 1.70 bits per heavy atom. The highest BCUT2D eigenvalue weighted by Crippen LogP contribution is 2.33. The van der Waals surface area contributed by atoms with Crippen LogP contribution in [0.5, 0.6) is 11.5 Å². The zero-order valence-electron chi connectivity index (χ0n) is 12.0. The SMILES string of the molecule is O=C(O)Cc1c(Cl)n(Cc2ccc(O)cc2)c2ccc(O)cc12. The van der Waals surface area contributed by atoms with Crippen molar-refractivity contribution in [2.75, 3.05) is 0 Å². The van der Waals surface area contributed by atoms with Gasteiger partial charge in [-0.25, -0.2) is 0 Å². The number of halogens is 1. The topological polar surface area (TPSA) is 82.7 Å². The van der Waals surface area contributed by atoms with Crippen molar-refractivity contribution in [3.63, 3.8) is 0 Å². The molecule has 3 aromatic rings. The summed E-state index contributed by atoms with van der Waals surface area (Å²) in [5, 5.41) is 29.1. The molecule has 1 heterocycles. The minimum atomic E-state index is -0.987. The molecule has 6 heteroatoms. The van der Waals surface area contributed by atoms with Gasteiger partial charge in [0.05, 0.1) is 11.9 Å². The molecule has 0 saturated heterocycles. The van der Waals surface area contributed by atoms with Crippen LogP contribution in [0, 0.1) is 0 Å². The summed E-state index contributed by atoms with van der Waals surface area (Å²) < 4.78 is 1.79. The summed E-state index contributed by atoms with van der Waals surface area (Å²) >= 11 is 6.40. The summed E-state index contributed by atoms with van der Waals surface area (Å²) in [5.41, 5.74) is 2.14. The third kappa shape index (κ3) is 2.96. The Bertz CT molecular complexity index is 884. The number of carbonyl (C=O) groups is 1. The summed E-state index contributed by atoms with van der Waals surface area (Å²) in [6.07, 6.45) is -0.221. The number of phenols is 2. The number of aromatic nitrogens is 1. The lowest BCUT2D eigenvalue weighted by Crippen LogP contribution is -2.02. The number of nitrogens with zero attached hydrogens (tertiary/aromatic N) is 1. The minimum Gasteiger partial charge on any atom is -0.508 e. The fourth-order valence-corrected chi connectivity index (χ4v) is 2.96. The molecule has 3 rings (SSSR count). The van der Waals surface area contributed by atoms with E-state index in [1.54, 1.807) is 34.9 Å². The van der Waals surface area contributed by atoms with Crippen molar-refractivity contribution < 1.29 is 20.1 Å². The number of carboxylic acids is 1. The van der Waals surface area contributed by atoms with Crippen LogP contribution in [0.2, 0.25) is 5.15 Å². The number of carboxylic acid groups (broad SMARTS) is 1. The molecule has 0 atom stereocenters. The van der Waals surface area contributed by atoms with Crippen molar-refractivity contribution in [3.8, 4) is 11.5 Å². The van der Waals surface area contributed by atoms with Gasteiger partial charge in [0.2, 0.25) is 0 Å². The average molecular weight is 332 g/mol. The Labute approximate surface area is 137 Å². The fourth-order valence-electron chi connectivity index (χ4n) is 2.64. The molecule has 0 aliphatic heterocycles. The molecule has 0 amide bonds. The molecule has 2 aromatic carbocycles. The molecule has 0 fully saturated rings. The number of hydrogen-bond donors (Lipinski definition) is 3. The number of fused-ring (bicyclic) bond motifs is 1. The van der Waals surface area contributed by atoms with E-state index >= 15 is 0 Å². The van der Waals surface area contributed by atoms with Crippen LogP contribution in [0.1, 0.15) is 11.1 Å². The average Bonchev–Trinajstić information content (AvgIpc) is 2.74. The van der Waals surface area contributed by atoms with E-state index in [0.717, 1.165) is 11.1 Å². The van der Waals surface area contributed by atoms with Crippen LogP contribution in [0.15, 0.2) is 42.5 Å². The number of aliphatic carboxylic acids is 1. The van der Waals surface area contributed by atoms with Crippen molar-refractivity contribution in [2.45, 2.75) is 13.0 Å². The van der Waals surface area contributed by atoms with E-state index in [1.807, 2.05) is 0 Å². The van der Waals surface area contributed by atoms with Gasteiger partial charge in [-0.15, -0.1) is 0 Å². The van der Waals surface area contributed by atoms with Crippen LogP contribution >= 0.6 is 11.6 Å². The second-order valence-corrected chi connectivity index (χ2v) is 5.65. The minimum absolute atomic E-state index is 0.0580. The van der Waals surface area contributed by atoms with Crippen LogP contribution in [-0.2, 0) is 17.8 Å². The van der Waals surface area contributed by atoms with Gasteiger partial charge in [-0.1, -0.05) is 23.7 Å². The second kappa shape index (κ2) is 5.85. The number of hydrogen-bond acceptors (Lipinski definition) is 3. The third-order valence-electron chi connectivity index (χ3n) is 3.69. The summed E-state index contributed by atoms with van der Waals surface area (Å²) in [5.74, 6) is -0.754. The standard InChI is InChI=1S/C17H14ClNO4/c18-17-14(8-16(22)23)13-7-12(21)5-6-15(13)19(17)9-10-1-3-11(20)4-2-10/h1-7,20-21H,8-9H2,(H,22,23). The number of benzene rings is 2. The first kappa shape index (κ1) is 15.2. The zero-order valence-corrected chi connectivity index (χ0v) is 12.8. The Balaban J connectivity index is 2.14. The van der Waals surface area contributed by atoms with Crippen LogP contribution in [0.25, 0.3) is 10.9 Å². The van der Waals surface area contributed by atoms with Crippen LogP contribution in [-0.4, -0.2) is 25.9 Å². The maximum absolute atomic E-state index is 11.1. The van der Waals surface area contributed by atoms with Crippen LogP contribution in [0.3, 0.4) is 0 Å². The molecular formula is C17H14ClNO4. The van der Waals surface area contributed by atoms with E-state index in [0.29, 0.717) is 22.6 Å². The maximum Gasteiger partial charge on any atom is 0.307 e. The normalized spacial score (nSPS) is 11.0. The van der Waals surface area contributed by atoms with Gasteiger partial charge >= 0.3 is 5.97 Å². The second-order valence-electron chi connectivity index (χ2n) is 5.29. The number of rotatable bonds is 4. The van der Waals surface area contributed by atoms with E-state index in [2.05, 4.69) is 0 Å². The first-order valence-electron chi connectivity index (χ1n) is 6.95.